The number of rotatable bonds is 2. The molecule has 1 heterocycles. The molecule has 0 atom stereocenters. The molecule has 15 heavy (non-hydrogen) atoms. The van der Waals surface area contributed by atoms with Crippen molar-refractivity contribution in [2.24, 2.45) is 0 Å². The van der Waals surface area contributed by atoms with Crippen molar-refractivity contribution in [2.75, 3.05) is 44.4 Å². The van der Waals surface area contributed by atoms with Crippen LogP contribution in [0.2, 0.25) is 0 Å². The molecule has 82 valence electrons. The first kappa shape index (κ1) is 10.8. The van der Waals surface area contributed by atoms with E-state index >= 15 is 0 Å². The molecule has 0 amide bonds. The van der Waals surface area contributed by atoms with Gasteiger partial charge in [-0.15, -0.1) is 11.8 Å². The summed E-state index contributed by atoms with van der Waals surface area (Å²) >= 11 is 1.81. The highest BCUT2D eigenvalue weighted by Gasteiger charge is 2.13. The molecule has 0 saturated carbocycles. The van der Waals surface area contributed by atoms with E-state index in [1.54, 1.807) is 0 Å². The molecule has 1 aliphatic rings. The quantitative estimate of drug-likeness (QED) is 0.708. The number of hydrogen-bond acceptors (Lipinski definition) is 3. The van der Waals surface area contributed by atoms with E-state index in [0.29, 0.717) is 0 Å². The molecule has 2 nitrogen and oxygen atoms in total. The Morgan fingerprint density at radius 2 is 1.87 bits per heavy atom. The van der Waals surface area contributed by atoms with Crippen molar-refractivity contribution < 1.29 is 0 Å². The highest BCUT2D eigenvalue weighted by Crippen LogP contribution is 2.22. The number of anilines is 1. The first-order chi connectivity index (χ1) is 7.29. The van der Waals surface area contributed by atoms with Crippen LogP contribution in [0.25, 0.3) is 0 Å². The molecule has 3 heteroatoms. The van der Waals surface area contributed by atoms with Gasteiger partial charge in [-0.25, -0.2) is 0 Å². The van der Waals surface area contributed by atoms with Crippen LogP contribution in [0.4, 0.5) is 5.69 Å². The van der Waals surface area contributed by atoms with Crippen LogP contribution in [0.5, 0.6) is 0 Å². The fraction of sp³-hybridized carbons (Fsp3) is 0.500. The van der Waals surface area contributed by atoms with Gasteiger partial charge in [0.05, 0.1) is 0 Å². The zero-order chi connectivity index (χ0) is 10.7. The van der Waals surface area contributed by atoms with Gasteiger partial charge in [0, 0.05) is 36.8 Å². The minimum absolute atomic E-state index is 1.15. The van der Waals surface area contributed by atoms with Gasteiger partial charge in [0.2, 0.25) is 0 Å². The maximum atomic E-state index is 2.47. The Morgan fingerprint density at radius 3 is 2.53 bits per heavy atom. The lowest BCUT2D eigenvalue weighted by Gasteiger charge is -2.34. The van der Waals surface area contributed by atoms with Gasteiger partial charge in [-0.05, 0) is 31.5 Å². The Morgan fingerprint density at radius 1 is 1.13 bits per heavy atom. The minimum atomic E-state index is 1.15. The number of likely N-dealkylation sites (N-methyl/N-ethyl adjacent to an activating group) is 1. The van der Waals surface area contributed by atoms with E-state index in [-0.39, 0.29) is 0 Å². The summed E-state index contributed by atoms with van der Waals surface area (Å²) in [7, 11) is 2.19. The van der Waals surface area contributed by atoms with Gasteiger partial charge < -0.3 is 9.80 Å². The average molecular weight is 222 g/mol. The molecule has 2 rings (SSSR count). The van der Waals surface area contributed by atoms with Crippen molar-refractivity contribution in [3.8, 4) is 0 Å². The monoisotopic (exact) mass is 222 g/mol. The third-order valence-corrected chi connectivity index (χ3v) is 3.65. The van der Waals surface area contributed by atoms with Gasteiger partial charge in [-0.2, -0.15) is 0 Å². The van der Waals surface area contributed by atoms with Crippen molar-refractivity contribution in [3.63, 3.8) is 0 Å². The second-order valence-electron chi connectivity index (χ2n) is 3.99. The topological polar surface area (TPSA) is 6.48 Å². The van der Waals surface area contributed by atoms with Gasteiger partial charge in [-0.1, -0.05) is 6.07 Å². The molecular weight excluding hydrogens is 204 g/mol. The lowest BCUT2D eigenvalue weighted by molar-refractivity contribution is 0.313. The summed E-state index contributed by atoms with van der Waals surface area (Å²) in [6.45, 7) is 4.63. The maximum absolute atomic E-state index is 2.47. The Bertz CT molecular complexity index is 319. The van der Waals surface area contributed by atoms with Crippen molar-refractivity contribution in [1.82, 2.24) is 4.90 Å². The standard InChI is InChI=1S/C12H18N2S/c1-13-6-8-14(9-7-13)11-4-3-5-12(10-11)15-2/h3-5,10H,6-9H2,1-2H3. The Kier molecular flexibility index (Phi) is 3.54. The van der Waals surface area contributed by atoms with Gasteiger partial charge in [0.15, 0.2) is 0 Å². The number of nitrogens with zero attached hydrogens (tertiary/aromatic N) is 2. The molecule has 0 bridgehead atoms. The number of hydrogen-bond donors (Lipinski definition) is 0. The molecular formula is C12H18N2S. The van der Waals surface area contributed by atoms with Gasteiger partial charge in [0.25, 0.3) is 0 Å². The van der Waals surface area contributed by atoms with Crippen LogP contribution < -0.4 is 4.90 Å². The lowest BCUT2D eigenvalue weighted by Crippen LogP contribution is -2.44. The zero-order valence-electron chi connectivity index (χ0n) is 9.44. The van der Waals surface area contributed by atoms with Gasteiger partial charge >= 0.3 is 0 Å². The van der Waals surface area contributed by atoms with E-state index in [4.69, 9.17) is 0 Å². The van der Waals surface area contributed by atoms with Crippen LogP contribution in [-0.4, -0.2) is 44.4 Å². The van der Waals surface area contributed by atoms with E-state index in [1.807, 2.05) is 11.8 Å². The summed E-state index contributed by atoms with van der Waals surface area (Å²) in [6.07, 6.45) is 2.13. The summed E-state index contributed by atoms with van der Waals surface area (Å²) < 4.78 is 0. The van der Waals surface area contributed by atoms with E-state index in [9.17, 15) is 0 Å². The predicted molar refractivity (Wildman–Crippen MR) is 67.9 cm³/mol. The molecule has 1 saturated heterocycles. The summed E-state index contributed by atoms with van der Waals surface area (Å²) in [6, 6.07) is 8.82. The predicted octanol–water partition coefficient (Wildman–Crippen LogP) is 2.16. The molecule has 1 aliphatic heterocycles. The largest absolute Gasteiger partial charge is 0.369 e. The Hall–Kier alpha value is -0.670. The summed E-state index contributed by atoms with van der Waals surface area (Å²) in [5.41, 5.74) is 1.37. The van der Waals surface area contributed by atoms with Crippen LogP contribution in [0.15, 0.2) is 29.2 Å². The average Bonchev–Trinajstić information content (AvgIpc) is 2.30. The summed E-state index contributed by atoms with van der Waals surface area (Å²) in [4.78, 5) is 6.21. The molecule has 0 aliphatic carbocycles. The van der Waals surface area contributed by atoms with Crippen molar-refractivity contribution >= 4 is 17.4 Å². The van der Waals surface area contributed by atoms with E-state index in [2.05, 4.69) is 47.4 Å². The normalized spacial score (nSPS) is 18.1. The van der Waals surface area contributed by atoms with E-state index < -0.39 is 0 Å². The number of thioether (sulfide) groups is 1. The molecule has 0 spiro atoms. The first-order valence-electron chi connectivity index (χ1n) is 5.37. The van der Waals surface area contributed by atoms with Crippen LogP contribution in [-0.2, 0) is 0 Å². The number of benzene rings is 1. The third kappa shape index (κ3) is 2.67. The summed E-state index contributed by atoms with van der Waals surface area (Å²) in [5, 5.41) is 0. The maximum Gasteiger partial charge on any atom is 0.0378 e. The van der Waals surface area contributed by atoms with Gasteiger partial charge in [0.1, 0.15) is 0 Å². The smallest absolute Gasteiger partial charge is 0.0378 e. The van der Waals surface area contributed by atoms with Crippen molar-refractivity contribution in [1.29, 1.82) is 0 Å². The highest BCUT2D eigenvalue weighted by atomic mass is 32.2. The zero-order valence-corrected chi connectivity index (χ0v) is 10.3. The molecule has 1 aromatic rings. The first-order valence-corrected chi connectivity index (χ1v) is 6.59. The van der Waals surface area contributed by atoms with Crippen LogP contribution in [0.3, 0.4) is 0 Å². The van der Waals surface area contributed by atoms with Crippen molar-refractivity contribution in [2.45, 2.75) is 4.90 Å². The van der Waals surface area contributed by atoms with Crippen LogP contribution in [0, 0.1) is 0 Å². The fourth-order valence-corrected chi connectivity index (χ4v) is 2.33. The lowest BCUT2D eigenvalue weighted by atomic mass is 10.2. The highest BCUT2D eigenvalue weighted by molar-refractivity contribution is 7.98. The Labute approximate surface area is 96.3 Å². The van der Waals surface area contributed by atoms with E-state index in [1.165, 1.54) is 23.7 Å². The van der Waals surface area contributed by atoms with Gasteiger partial charge in [-0.3, -0.25) is 0 Å². The van der Waals surface area contributed by atoms with Crippen molar-refractivity contribution in [3.05, 3.63) is 24.3 Å². The van der Waals surface area contributed by atoms with E-state index in [0.717, 1.165) is 13.1 Å². The third-order valence-electron chi connectivity index (χ3n) is 2.92. The fourth-order valence-electron chi connectivity index (χ4n) is 1.87. The van der Waals surface area contributed by atoms with Crippen LogP contribution >= 0.6 is 11.8 Å². The second kappa shape index (κ2) is 4.90. The molecule has 0 unspecified atom stereocenters. The molecule has 0 N–H and O–H groups in total. The van der Waals surface area contributed by atoms with Crippen LogP contribution in [0.1, 0.15) is 0 Å². The number of piperazine rings is 1. The second-order valence-corrected chi connectivity index (χ2v) is 4.87. The SMILES string of the molecule is CSc1cccc(N2CCN(C)CC2)c1. The molecule has 0 radical (unpaired) electrons. The summed E-state index contributed by atoms with van der Waals surface area (Å²) in [5.74, 6) is 0. The Balaban J connectivity index is 2.08. The molecule has 0 aromatic heterocycles. The molecule has 1 fully saturated rings. The minimum Gasteiger partial charge on any atom is -0.369 e. The molecule has 1 aromatic carbocycles.